The van der Waals surface area contributed by atoms with Crippen molar-refractivity contribution in [3.63, 3.8) is 0 Å². The maximum atomic E-state index is 11.2. The molecule has 0 bridgehead atoms. The summed E-state index contributed by atoms with van der Waals surface area (Å²) in [5.41, 5.74) is 5.81. The lowest BCUT2D eigenvalue weighted by Gasteiger charge is -2.28. The van der Waals surface area contributed by atoms with E-state index in [2.05, 4.69) is 50.6 Å². The molecule has 0 aliphatic heterocycles. The Balaban J connectivity index is 0.000000169. The Hall–Kier alpha value is -5.46. The number of aliphatic imine (C=N–C) groups is 1. The van der Waals surface area contributed by atoms with Crippen LogP contribution in [0.3, 0.4) is 0 Å². The number of carbonyl (C=O) groups is 3. The third kappa shape index (κ3) is 19.7. The molecule has 4 saturated carbocycles. The van der Waals surface area contributed by atoms with E-state index in [-0.39, 0.29) is 30.6 Å². The van der Waals surface area contributed by atoms with Gasteiger partial charge in [0.05, 0.1) is 32.3 Å². The van der Waals surface area contributed by atoms with Crippen molar-refractivity contribution in [2.24, 2.45) is 34.4 Å². The third-order valence-corrected chi connectivity index (χ3v) is 12.6. The van der Waals surface area contributed by atoms with Crippen LogP contribution in [0.4, 0.5) is 0 Å². The highest BCUT2D eigenvalue weighted by Gasteiger charge is 2.34. The number of esters is 2. The smallest absolute Gasteiger partial charge is 0.377 e. The molecule has 23 nitrogen and oxygen atoms in total. The van der Waals surface area contributed by atoms with E-state index in [4.69, 9.17) is 20.3 Å². The number of aromatic nitrogens is 12. The average Bonchev–Trinajstić information content (AvgIpc) is 4.14. The fraction of sp³-hybridized carbons (Fsp3) is 0.721. The van der Waals surface area contributed by atoms with E-state index in [0.29, 0.717) is 55.5 Å². The molecule has 4 aromatic rings. The van der Waals surface area contributed by atoms with Crippen LogP contribution >= 0.6 is 0 Å². The molecule has 8 rings (SSSR count). The molecule has 0 unspecified atom stereocenters. The van der Waals surface area contributed by atoms with Crippen LogP contribution in [0.5, 0.6) is 0 Å². The van der Waals surface area contributed by atoms with Crippen LogP contribution in [0.1, 0.15) is 90.9 Å². The molecule has 368 valence electrons. The number of nitrogens with one attached hydrogen (secondary N) is 1. The SMILES string of the molecule is CB(O)N(CC(=O)O)[C@@H]1CC[C@H](Cn2cncn2)C1.CCOC(=O)C=N[C@@H]1CC[C@H](Cn2cncn2)C1.CCOC(=O)CN[C@@H]1CC[C@H](Cn2cncn2)C1.N[C@@H]1CC[C@H](Cn2cncn2)C1. The maximum absolute atomic E-state index is 11.2. The predicted molar refractivity (Wildman–Crippen MR) is 247 cm³/mol. The largest absolute Gasteiger partial charge is 0.480 e. The Morgan fingerprint density at radius 1 is 0.716 bits per heavy atom. The predicted octanol–water partition coefficient (Wildman–Crippen LogP) is 2.03. The van der Waals surface area contributed by atoms with Crippen LogP contribution in [0.25, 0.3) is 0 Å². The fourth-order valence-corrected chi connectivity index (χ4v) is 9.45. The number of carboxylic acids is 1. The topological polar surface area (TPSA) is 287 Å². The van der Waals surface area contributed by atoms with E-state index in [1.165, 1.54) is 31.8 Å². The summed E-state index contributed by atoms with van der Waals surface area (Å²) < 4.78 is 17.1. The highest BCUT2D eigenvalue weighted by atomic mass is 16.5. The minimum Gasteiger partial charge on any atom is -0.480 e. The molecule has 4 aliphatic rings. The minimum absolute atomic E-state index is 0.113. The van der Waals surface area contributed by atoms with Crippen molar-refractivity contribution in [1.29, 1.82) is 0 Å². The number of carbonyl (C=O) groups excluding carboxylic acids is 2. The van der Waals surface area contributed by atoms with E-state index >= 15 is 0 Å². The van der Waals surface area contributed by atoms with Gasteiger partial charge in [0.1, 0.15) is 56.8 Å². The zero-order chi connectivity index (χ0) is 47.8. The summed E-state index contributed by atoms with van der Waals surface area (Å²) in [6.45, 7) is 9.84. The quantitative estimate of drug-likeness (QED) is 0.0594. The molecule has 0 spiro atoms. The number of carboxylic acid groups (broad SMARTS) is 1. The maximum Gasteiger partial charge on any atom is 0.377 e. The van der Waals surface area contributed by atoms with Crippen molar-refractivity contribution in [2.45, 2.75) is 148 Å². The van der Waals surface area contributed by atoms with Gasteiger partial charge in [-0.15, -0.1) is 0 Å². The van der Waals surface area contributed by atoms with Gasteiger partial charge in [-0.1, -0.05) is 0 Å². The molecular weight excluding hydrogens is 863 g/mol. The number of aliphatic carboxylic acids is 1. The first-order valence-electron chi connectivity index (χ1n) is 23.8. The highest BCUT2D eigenvalue weighted by molar-refractivity contribution is 6.45. The van der Waals surface area contributed by atoms with Gasteiger partial charge in [0.2, 0.25) is 0 Å². The fourth-order valence-electron chi connectivity index (χ4n) is 9.45. The zero-order valence-corrected chi connectivity index (χ0v) is 39.3. The molecule has 4 aromatic heterocycles. The summed E-state index contributed by atoms with van der Waals surface area (Å²) in [6.07, 6.45) is 27.3. The molecule has 24 heteroatoms. The van der Waals surface area contributed by atoms with Gasteiger partial charge in [-0.3, -0.25) is 33.3 Å². The lowest BCUT2D eigenvalue weighted by atomic mass is 9.82. The van der Waals surface area contributed by atoms with Gasteiger partial charge < -0.3 is 35.5 Å². The first-order valence-corrected chi connectivity index (χ1v) is 23.8. The molecule has 0 saturated heterocycles. The third-order valence-electron chi connectivity index (χ3n) is 12.6. The van der Waals surface area contributed by atoms with E-state index < -0.39 is 13.0 Å². The van der Waals surface area contributed by atoms with Crippen molar-refractivity contribution in [2.75, 3.05) is 26.3 Å². The van der Waals surface area contributed by atoms with Crippen molar-refractivity contribution in [3.05, 3.63) is 50.6 Å². The Labute approximate surface area is 392 Å². The van der Waals surface area contributed by atoms with Gasteiger partial charge >= 0.3 is 25.0 Å². The van der Waals surface area contributed by atoms with Crippen LogP contribution in [-0.2, 0) is 50.0 Å². The number of nitrogens with two attached hydrogens (primary N) is 1. The van der Waals surface area contributed by atoms with Crippen LogP contribution in [0, 0.1) is 23.7 Å². The normalized spacial score (nSPS) is 24.3. The van der Waals surface area contributed by atoms with Crippen molar-refractivity contribution < 1.29 is 34.0 Å². The number of hydrogen-bond donors (Lipinski definition) is 4. The molecule has 67 heavy (non-hydrogen) atoms. The summed E-state index contributed by atoms with van der Waals surface area (Å²) >= 11 is 0. The van der Waals surface area contributed by atoms with Crippen molar-refractivity contribution >= 4 is 31.2 Å². The van der Waals surface area contributed by atoms with Gasteiger partial charge in [-0.2, -0.15) is 20.4 Å². The Kier molecular flexibility index (Phi) is 22.5. The first kappa shape index (κ1) is 52.5. The second-order valence-electron chi connectivity index (χ2n) is 17.9. The van der Waals surface area contributed by atoms with Crippen LogP contribution in [-0.4, -0.2) is 156 Å². The highest BCUT2D eigenvalue weighted by Crippen LogP contribution is 2.31. The van der Waals surface area contributed by atoms with Crippen molar-refractivity contribution in [1.82, 2.24) is 69.2 Å². The van der Waals surface area contributed by atoms with Crippen LogP contribution < -0.4 is 11.1 Å². The number of hydrogen-bond acceptors (Lipinski definition) is 18. The Morgan fingerprint density at radius 2 is 1.21 bits per heavy atom. The van der Waals surface area contributed by atoms with Crippen LogP contribution in [0.2, 0.25) is 6.82 Å². The van der Waals surface area contributed by atoms with Gasteiger partial charge in [0.25, 0.3) is 0 Å². The molecule has 0 radical (unpaired) electrons. The lowest BCUT2D eigenvalue weighted by Crippen LogP contribution is -2.46. The molecule has 0 aromatic carbocycles. The summed E-state index contributed by atoms with van der Waals surface area (Å²) in [5.74, 6) is 0.931. The molecule has 5 N–H and O–H groups in total. The first-order chi connectivity index (χ1) is 32.5. The standard InChI is InChI=1S/C12H20N4O2.C12H18N4O2.C11H19BN4O3.C8H14N4/c2*1-2-18-12(17)6-14-11-4-3-10(5-11)7-16-9-13-8-15-16;1-12(19)16(6-11(17)18)10-3-2-9(4-10)5-15-8-13-7-14-15;9-8-2-1-7(3-8)4-12-6-10-5-11-12/h8-11,14H,2-7H2,1H3;6,8-11H,2-5,7H2,1H3;7-10,19H,2-6H2,1H3,(H,17,18);5-8H,1-4,9H2/t2*10-,11+;9-,10+;7-,8+/m0000/s1. The monoisotopic (exact) mass is 935 g/mol. The van der Waals surface area contributed by atoms with Gasteiger partial charge in [0.15, 0.2) is 0 Å². The lowest BCUT2D eigenvalue weighted by molar-refractivity contribution is -0.142. The number of ether oxygens (including phenoxy) is 2. The Morgan fingerprint density at radius 3 is 1.69 bits per heavy atom. The average molecular weight is 935 g/mol. The zero-order valence-electron chi connectivity index (χ0n) is 39.3. The molecular formula is C43H71BN16O7. The second-order valence-corrected chi connectivity index (χ2v) is 17.9. The molecule has 0 amide bonds. The van der Waals surface area contributed by atoms with Crippen molar-refractivity contribution in [3.8, 4) is 0 Å². The molecule has 4 aliphatic carbocycles. The number of rotatable bonds is 19. The Bertz CT molecular complexity index is 1970. The van der Waals surface area contributed by atoms with Crippen LogP contribution in [0.15, 0.2) is 55.6 Å². The minimum atomic E-state index is -0.902. The molecule has 8 atom stereocenters. The summed E-state index contributed by atoms with van der Waals surface area (Å²) in [7, 11) is -0.730. The summed E-state index contributed by atoms with van der Waals surface area (Å²) in [4.78, 5) is 54.8. The van der Waals surface area contributed by atoms with E-state index in [9.17, 15) is 19.4 Å². The summed E-state index contributed by atoms with van der Waals surface area (Å²) in [6, 6.07) is 1.20. The van der Waals surface area contributed by atoms with E-state index in [1.807, 2.05) is 21.0 Å². The number of nitrogens with zero attached hydrogens (tertiary/aromatic N) is 14. The van der Waals surface area contributed by atoms with Gasteiger partial charge in [0, 0.05) is 44.3 Å². The molecule has 4 fully saturated rings. The molecule has 4 heterocycles. The van der Waals surface area contributed by atoms with Gasteiger partial charge in [-0.25, -0.2) is 24.7 Å². The second kappa shape index (κ2) is 28.7. The van der Waals surface area contributed by atoms with E-state index in [0.717, 1.165) is 84.0 Å². The van der Waals surface area contributed by atoms with E-state index in [1.54, 1.807) is 67.5 Å². The summed E-state index contributed by atoms with van der Waals surface area (Å²) in [5, 5.41) is 38.2. The van der Waals surface area contributed by atoms with Gasteiger partial charge in [-0.05, 0) is 121 Å².